The van der Waals surface area contributed by atoms with Gasteiger partial charge in [-0.05, 0) is 56.3 Å². The molecule has 0 amide bonds. The van der Waals surface area contributed by atoms with Crippen LogP contribution in [0, 0.1) is 12.8 Å². The maximum atomic E-state index is 10.3. The summed E-state index contributed by atoms with van der Waals surface area (Å²) >= 11 is 0. The molecule has 1 saturated heterocycles. The van der Waals surface area contributed by atoms with Crippen LogP contribution in [0.15, 0.2) is 24.3 Å². The Morgan fingerprint density at radius 1 is 1.25 bits per heavy atom. The summed E-state index contributed by atoms with van der Waals surface area (Å²) in [6, 6.07) is 8.17. The number of nitrogens with zero attached hydrogens (tertiary/aromatic N) is 1. The highest BCUT2D eigenvalue weighted by molar-refractivity contribution is 5.27. The molecule has 0 saturated carbocycles. The third-order valence-corrected chi connectivity index (χ3v) is 4.67. The molecular formula is C18H29NO. The van der Waals surface area contributed by atoms with Crippen LogP contribution in [0.3, 0.4) is 0 Å². The smallest absolute Gasteiger partial charge is 0.0804 e. The fourth-order valence-electron chi connectivity index (χ4n) is 3.33. The molecule has 20 heavy (non-hydrogen) atoms. The van der Waals surface area contributed by atoms with E-state index in [1.165, 1.54) is 44.3 Å². The second-order valence-corrected chi connectivity index (χ2v) is 6.23. The monoisotopic (exact) mass is 275 g/mol. The van der Waals surface area contributed by atoms with Gasteiger partial charge in [0.15, 0.2) is 0 Å². The average Bonchev–Trinajstić information content (AvgIpc) is 2.47. The molecule has 0 bridgehead atoms. The Hall–Kier alpha value is -0.860. The zero-order valence-electron chi connectivity index (χ0n) is 13.0. The van der Waals surface area contributed by atoms with Crippen molar-refractivity contribution in [2.45, 2.75) is 52.1 Å². The van der Waals surface area contributed by atoms with E-state index >= 15 is 0 Å². The van der Waals surface area contributed by atoms with E-state index in [1.54, 1.807) is 0 Å². The first-order valence-electron chi connectivity index (χ1n) is 8.16. The van der Waals surface area contributed by atoms with Gasteiger partial charge in [0.05, 0.1) is 6.10 Å². The van der Waals surface area contributed by atoms with Gasteiger partial charge >= 0.3 is 0 Å². The third kappa shape index (κ3) is 4.32. The molecule has 1 aromatic carbocycles. The van der Waals surface area contributed by atoms with E-state index in [-0.39, 0.29) is 6.10 Å². The fourth-order valence-corrected chi connectivity index (χ4v) is 3.33. The first kappa shape index (κ1) is 15.5. The molecule has 0 aliphatic carbocycles. The third-order valence-electron chi connectivity index (χ3n) is 4.67. The Balaban J connectivity index is 1.75. The maximum absolute atomic E-state index is 10.3. The number of benzene rings is 1. The average molecular weight is 275 g/mol. The van der Waals surface area contributed by atoms with Gasteiger partial charge in [0.2, 0.25) is 0 Å². The second-order valence-electron chi connectivity index (χ2n) is 6.23. The summed E-state index contributed by atoms with van der Waals surface area (Å²) in [4.78, 5) is 2.52. The summed E-state index contributed by atoms with van der Waals surface area (Å²) in [5.41, 5.74) is 2.29. The lowest BCUT2D eigenvalue weighted by atomic mass is 9.92. The van der Waals surface area contributed by atoms with Gasteiger partial charge in [-0.15, -0.1) is 0 Å². The van der Waals surface area contributed by atoms with Crippen LogP contribution < -0.4 is 0 Å². The van der Waals surface area contributed by atoms with Crippen LogP contribution in [0.5, 0.6) is 0 Å². The number of aryl methyl sites for hydroxylation is 1. The van der Waals surface area contributed by atoms with Crippen molar-refractivity contribution >= 4 is 0 Å². The second kappa shape index (κ2) is 7.80. The van der Waals surface area contributed by atoms with Gasteiger partial charge in [-0.3, -0.25) is 0 Å². The van der Waals surface area contributed by atoms with Crippen LogP contribution in [0.2, 0.25) is 0 Å². The molecule has 1 fully saturated rings. The highest BCUT2D eigenvalue weighted by Gasteiger charge is 2.19. The lowest BCUT2D eigenvalue weighted by molar-refractivity contribution is 0.121. The summed E-state index contributed by atoms with van der Waals surface area (Å²) < 4.78 is 0. The van der Waals surface area contributed by atoms with Crippen molar-refractivity contribution in [1.82, 2.24) is 4.90 Å². The fraction of sp³-hybridized carbons (Fsp3) is 0.667. The summed E-state index contributed by atoms with van der Waals surface area (Å²) in [6.45, 7) is 7.81. The Kier molecular flexibility index (Phi) is 6.06. The quantitative estimate of drug-likeness (QED) is 0.850. The molecule has 1 N–H and O–H groups in total. The number of rotatable bonds is 6. The molecule has 1 heterocycles. The van der Waals surface area contributed by atoms with Gasteiger partial charge in [-0.2, -0.15) is 0 Å². The molecule has 1 unspecified atom stereocenters. The van der Waals surface area contributed by atoms with E-state index in [0.717, 1.165) is 24.4 Å². The van der Waals surface area contributed by atoms with E-state index in [4.69, 9.17) is 0 Å². The van der Waals surface area contributed by atoms with E-state index in [1.807, 2.05) is 18.2 Å². The minimum absolute atomic E-state index is 0.315. The molecule has 0 spiro atoms. The minimum Gasteiger partial charge on any atom is -0.388 e. The number of hydrogen-bond acceptors (Lipinski definition) is 2. The molecule has 0 radical (unpaired) electrons. The van der Waals surface area contributed by atoms with Crippen molar-refractivity contribution in [1.29, 1.82) is 0 Å². The van der Waals surface area contributed by atoms with Crippen molar-refractivity contribution in [3.63, 3.8) is 0 Å². The number of likely N-dealkylation sites (tertiary alicyclic amines) is 1. The number of piperidine rings is 1. The topological polar surface area (TPSA) is 23.5 Å². The van der Waals surface area contributed by atoms with Gasteiger partial charge in [0.1, 0.15) is 0 Å². The summed E-state index contributed by atoms with van der Waals surface area (Å²) in [5.74, 6) is 0.942. The number of hydrogen-bond donors (Lipinski definition) is 1. The molecule has 2 rings (SSSR count). The van der Waals surface area contributed by atoms with Crippen molar-refractivity contribution in [3.05, 3.63) is 35.4 Å². The standard InChI is InChI=1S/C18H29NO/c1-3-6-16-9-12-19(13-10-16)14-11-18(20)17-8-5-4-7-15(17)2/h4-5,7-8,16,18,20H,3,6,9-14H2,1-2H3. The van der Waals surface area contributed by atoms with Crippen LogP contribution in [0.1, 0.15) is 56.3 Å². The van der Waals surface area contributed by atoms with Crippen LogP contribution >= 0.6 is 0 Å². The number of aliphatic hydroxyl groups is 1. The zero-order valence-corrected chi connectivity index (χ0v) is 13.0. The van der Waals surface area contributed by atoms with Gasteiger partial charge < -0.3 is 10.0 Å². The maximum Gasteiger partial charge on any atom is 0.0804 e. The van der Waals surface area contributed by atoms with Crippen LogP contribution in [-0.4, -0.2) is 29.6 Å². The number of aliphatic hydroxyl groups excluding tert-OH is 1. The lowest BCUT2D eigenvalue weighted by Crippen LogP contribution is -2.35. The highest BCUT2D eigenvalue weighted by Crippen LogP contribution is 2.24. The molecule has 1 atom stereocenters. The Morgan fingerprint density at radius 2 is 1.95 bits per heavy atom. The molecule has 0 aromatic heterocycles. The minimum atomic E-state index is -0.315. The first-order chi connectivity index (χ1) is 9.70. The molecule has 2 heteroatoms. The van der Waals surface area contributed by atoms with Crippen molar-refractivity contribution < 1.29 is 5.11 Å². The van der Waals surface area contributed by atoms with Gasteiger partial charge in [0, 0.05) is 6.54 Å². The van der Waals surface area contributed by atoms with Crippen LogP contribution in [0.25, 0.3) is 0 Å². The van der Waals surface area contributed by atoms with E-state index in [0.29, 0.717) is 0 Å². The molecule has 2 nitrogen and oxygen atoms in total. The van der Waals surface area contributed by atoms with Crippen molar-refractivity contribution in [2.75, 3.05) is 19.6 Å². The molecule has 1 aliphatic heterocycles. The molecular weight excluding hydrogens is 246 g/mol. The van der Waals surface area contributed by atoms with Crippen molar-refractivity contribution in [2.24, 2.45) is 5.92 Å². The summed E-state index contributed by atoms with van der Waals surface area (Å²) in [6.07, 6.45) is 5.92. The highest BCUT2D eigenvalue weighted by atomic mass is 16.3. The van der Waals surface area contributed by atoms with E-state index in [2.05, 4.69) is 24.8 Å². The molecule has 1 aromatic rings. The zero-order chi connectivity index (χ0) is 14.4. The largest absolute Gasteiger partial charge is 0.388 e. The summed E-state index contributed by atoms with van der Waals surface area (Å²) in [5, 5.41) is 10.3. The van der Waals surface area contributed by atoms with Gasteiger partial charge in [-0.1, -0.05) is 44.0 Å². The Morgan fingerprint density at radius 3 is 2.60 bits per heavy atom. The van der Waals surface area contributed by atoms with Crippen LogP contribution in [-0.2, 0) is 0 Å². The Bertz CT molecular complexity index is 396. The predicted octanol–water partition coefficient (Wildman–Crippen LogP) is 3.93. The SMILES string of the molecule is CCCC1CCN(CCC(O)c2ccccc2C)CC1. The molecule has 112 valence electrons. The normalized spacial score (nSPS) is 19.1. The Labute approximate surface area is 123 Å². The predicted molar refractivity (Wildman–Crippen MR) is 84.8 cm³/mol. The van der Waals surface area contributed by atoms with Crippen molar-refractivity contribution in [3.8, 4) is 0 Å². The van der Waals surface area contributed by atoms with Gasteiger partial charge in [0.25, 0.3) is 0 Å². The van der Waals surface area contributed by atoms with E-state index < -0.39 is 0 Å². The first-order valence-corrected chi connectivity index (χ1v) is 8.16. The van der Waals surface area contributed by atoms with E-state index in [9.17, 15) is 5.11 Å². The van der Waals surface area contributed by atoms with Gasteiger partial charge in [-0.25, -0.2) is 0 Å². The lowest BCUT2D eigenvalue weighted by Gasteiger charge is -2.32. The molecule has 1 aliphatic rings. The van der Waals surface area contributed by atoms with Crippen LogP contribution in [0.4, 0.5) is 0 Å². The summed E-state index contributed by atoms with van der Waals surface area (Å²) in [7, 11) is 0.